The largest absolute Gasteiger partial charge is 0.426 e. The lowest BCUT2D eigenvalue weighted by molar-refractivity contribution is -0.147. The highest BCUT2D eigenvalue weighted by atomic mass is 35.5. The molecule has 2 atom stereocenters. The minimum atomic E-state index is -0.589. The zero-order chi connectivity index (χ0) is 34.9. The van der Waals surface area contributed by atoms with Gasteiger partial charge in [-0.05, 0) is 60.4 Å². The summed E-state index contributed by atoms with van der Waals surface area (Å²) in [5.41, 5.74) is 2.34. The van der Waals surface area contributed by atoms with E-state index >= 15 is 0 Å². The van der Waals surface area contributed by atoms with Crippen LogP contribution in [0.25, 0.3) is 21.5 Å². The first-order valence-electron chi connectivity index (χ1n) is 17.3. The average molecular weight is 714 g/mol. The van der Waals surface area contributed by atoms with E-state index in [9.17, 15) is 19.2 Å². The lowest BCUT2D eigenvalue weighted by Crippen LogP contribution is -2.56. The number of carbonyl (C=O) groups is 4. The third-order valence-electron chi connectivity index (χ3n) is 11.8. The van der Waals surface area contributed by atoms with Crippen molar-refractivity contribution in [2.75, 3.05) is 34.6 Å². The number of carbonyl (C=O) groups excluding carboxylic acids is 4. The van der Waals surface area contributed by atoms with Gasteiger partial charge in [0.2, 0.25) is 11.8 Å². The number of hydrogen-bond acceptors (Lipinski definition) is 6. The second-order valence-corrected chi connectivity index (χ2v) is 15.1. The van der Waals surface area contributed by atoms with Gasteiger partial charge >= 0.3 is 11.9 Å². The molecule has 0 aromatic heterocycles. The Hall–Kier alpha value is -4.14. The highest BCUT2D eigenvalue weighted by Gasteiger charge is 2.58. The van der Waals surface area contributed by atoms with Gasteiger partial charge in [-0.3, -0.25) is 19.2 Å². The van der Waals surface area contributed by atoms with E-state index in [1.54, 1.807) is 0 Å². The van der Waals surface area contributed by atoms with Crippen LogP contribution in [-0.2, 0) is 19.2 Å². The minimum absolute atomic E-state index is 0.0578. The lowest BCUT2D eigenvalue weighted by Gasteiger charge is -2.53. The van der Waals surface area contributed by atoms with Crippen LogP contribution in [0, 0.1) is 10.8 Å². The number of benzene rings is 4. The molecule has 9 rings (SSSR count). The van der Waals surface area contributed by atoms with Crippen LogP contribution >= 0.6 is 23.2 Å². The molecule has 2 aliphatic heterocycles. The Balaban J connectivity index is 1.09. The number of fused-ring (bicyclic) bond motifs is 9. The summed E-state index contributed by atoms with van der Waals surface area (Å²) in [7, 11) is 0. The Morgan fingerprint density at radius 3 is 1.28 bits per heavy atom. The topological polar surface area (TPSA) is 93.2 Å². The van der Waals surface area contributed by atoms with Crippen molar-refractivity contribution in [1.82, 2.24) is 0 Å². The highest BCUT2D eigenvalue weighted by Crippen LogP contribution is 2.60. The third kappa shape index (κ3) is 5.01. The van der Waals surface area contributed by atoms with Crippen molar-refractivity contribution >= 4 is 79.9 Å². The van der Waals surface area contributed by atoms with Gasteiger partial charge in [0.25, 0.3) is 0 Å². The Kier molecular flexibility index (Phi) is 8.11. The molecule has 10 heteroatoms. The summed E-state index contributed by atoms with van der Waals surface area (Å²) in [6.45, 7) is 3.67. The van der Waals surface area contributed by atoms with Crippen LogP contribution in [-0.4, -0.2) is 48.6 Å². The number of hydrogen-bond donors (Lipinski definition) is 0. The molecule has 4 aromatic carbocycles. The van der Waals surface area contributed by atoms with Gasteiger partial charge in [0, 0.05) is 84.3 Å². The van der Waals surface area contributed by atoms with Gasteiger partial charge in [0.05, 0.1) is 11.4 Å². The summed E-state index contributed by atoms with van der Waals surface area (Å²) in [5, 5.41) is 3.50. The molecule has 3 aliphatic carbocycles. The molecule has 50 heavy (non-hydrogen) atoms. The van der Waals surface area contributed by atoms with Crippen molar-refractivity contribution in [3.05, 3.63) is 71.8 Å². The maximum Gasteiger partial charge on any atom is 0.308 e. The van der Waals surface area contributed by atoms with Gasteiger partial charge < -0.3 is 19.3 Å². The molecule has 0 N–H and O–H groups in total. The summed E-state index contributed by atoms with van der Waals surface area (Å²) in [6.07, 6.45) is 3.64. The van der Waals surface area contributed by atoms with Crippen molar-refractivity contribution in [3.8, 4) is 11.5 Å². The lowest BCUT2D eigenvalue weighted by atomic mass is 9.53. The molecule has 2 amide bonds. The van der Waals surface area contributed by atoms with Crippen LogP contribution in [0.1, 0.15) is 75.3 Å². The molecule has 0 radical (unpaired) electrons. The van der Waals surface area contributed by atoms with E-state index in [4.69, 9.17) is 32.7 Å². The minimum Gasteiger partial charge on any atom is -0.426 e. The second kappa shape index (κ2) is 12.3. The summed E-state index contributed by atoms with van der Waals surface area (Å²) < 4.78 is 11.3. The maximum atomic E-state index is 14.7. The number of amides is 2. The van der Waals surface area contributed by atoms with E-state index in [-0.39, 0.29) is 23.7 Å². The third-order valence-corrected chi connectivity index (χ3v) is 12.5. The number of halogens is 2. The molecule has 8 nitrogen and oxygen atoms in total. The van der Waals surface area contributed by atoms with Gasteiger partial charge in [-0.25, -0.2) is 0 Å². The molecule has 0 spiro atoms. The quantitative estimate of drug-likeness (QED) is 0.114. The number of anilines is 2. The van der Waals surface area contributed by atoms with Gasteiger partial charge in [0.1, 0.15) is 11.5 Å². The Morgan fingerprint density at radius 2 is 0.960 bits per heavy atom. The van der Waals surface area contributed by atoms with Crippen LogP contribution in [0.4, 0.5) is 11.4 Å². The van der Waals surface area contributed by atoms with E-state index in [2.05, 4.69) is 0 Å². The molecule has 3 fully saturated rings. The van der Waals surface area contributed by atoms with Gasteiger partial charge in [0.15, 0.2) is 0 Å². The molecule has 5 aliphatic rings. The van der Waals surface area contributed by atoms with Crippen molar-refractivity contribution in [3.63, 3.8) is 0 Å². The average Bonchev–Trinajstić information content (AvgIpc) is 3.70. The maximum absolute atomic E-state index is 14.7. The smallest absolute Gasteiger partial charge is 0.308 e. The zero-order valence-corrected chi connectivity index (χ0v) is 29.6. The normalized spacial score (nSPS) is 25.1. The molecule has 258 valence electrons. The summed E-state index contributed by atoms with van der Waals surface area (Å²) in [6, 6.07) is 19.2. The van der Waals surface area contributed by atoms with Crippen molar-refractivity contribution in [2.24, 2.45) is 10.8 Å². The van der Waals surface area contributed by atoms with Crippen molar-refractivity contribution in [1.29, 1.82) is 0 Å². The number of alkyl halides is 2. The fraction of sp³-hybridized carbons (Fsp3) is 0.400. The molecule has 2 bridgehead atoms. The molecular formula is C40H38Cl2N2O6. The fourth-order valence-corrected chi connectivity index (χ4v) is 9.84. The number of nitrogens with zero attached hydrogens (tertiary/aromatic N) is 2. The van der Waals surface area contributed by atoms with Crippen LogP contribution in [0.3, 0.4) is 0 Å². The van der Waals surface area contributed by atoms with Gasteiger partial charge in [-0.1, -0.05) is 48.5 Å². The van der Waals surface area contributed by atoms with E-state index in [1.165, 1.54) is 13.8 Å². The predicted octanol–water partition coefficient (Wildman–Crippen LogP) is 8.22. The monoisotopic (exact) mass is 712 g/mol. The summed E-state index contributed by atoms with van der Waals surface area (Å²) in [4.78, 5) is 57.3. The summed E-state index contributed by atoms with van der Waals surface area (Å²) >= 11 is 13.1. The molecule has 0 unspecified atom stereocenters. The van der Waals surface area contributed by atoms with Crippen LogP contribution in [0.15, 0.2) is 60.7 Å². The van der Waals surface area contributed by atoms with Gasteiger partial charge in [-0.2, -0.15) is 0 Å². The van der Waals surface area contributed by atoms with Crippen LogP contribution in [0.2, 0.25) is 0 Å². The number of rotatable bonds is 6. The summed E-state index contributed by atoms with van der Waals surface area (Å²) in [5.74, 6) is 0.717. The molecule has 0 saturated heterocycles. The Morgan fingerprint density at radius 1 is 0.620 bits per heavy atom. The second-order valence-electron chi connectivity index (χ2n) is 14.5. The van der Waals surface area contributed by atoms with Crippen LogP contribution in [0.5, 0.6) is 11.5 Å². The van der Waals surface area contributed by atoms with Crippen molar-refractivity contribution < 1.29 is 28.7 Å². The van der Waals surface area contributed by atoms with Crippen LogP contribution < -0.4 is 19.3 Å². The standard InChI is InChI=1S/C40H38Cl2N2O6/c1-23(45)49-33-17-31-35(29-9-5-3-7-27(29)33)25(19-41)21-43(31)37(47)39-11-14-40(15-12-39,16-13-39)38(48)44-22-26(20-42)36-30-10-6-4-8-28(30)34(18-32(36)44)50-24(2)46/h3-10,17-18,25-26H,11-16,19-22H2,1-2H3/t25-,26-,39?,40?/m1/s1. The van der Waals surface area contributed by atoms with E-state index in [0.717, 1.165) is 44.0 Å². The molecule has 2 heterocycles. The molecule has 4 aromatic rings. The first-order valence-corrected chi connectivity index (χ1v) is 18.4. The molecule has 3 saturated carbocycles. The molecular weight excluding hydrogens is 675 g/mol. The number of ether oxygens (including phenoxy) is 2. The SMILES string of the molecule is CC(=O)Oc1cc2c(c3ccccc13)[C@H](CCl)CN2C(=O)C12CCC(C(=O)N3C[C@@H](CCl)c4c3cc(OC(C)=O)c3ccccc43)(CC1)CC2. The predicted molar refractivity (Wildman–Crippen MR) is 195 cm³/mol. The highest BCUT2D eigenvalue weighted by molar-refractivity contribution is 6.20. The Labute approximate surface area is 300 Å². The van der Waals surface area contributed by atoms with Gasteiger partial charge in [-0.15, -0.1) is 23.2 Å². The van der Waals surface area contributed by atoms with Crippen molar-refractivity contribution in [2.45, 2.75) is 64.2 Å². The van der Waals surface area contributed by atoms with E-state index in [0.29, 0.717) is 74.9 Å². The Bertz CT molecular complexity index is 1940. The fourth-order valence-electron chi connectivity index (χ4n) is 9.34. The van der Waals surface area contributed by atoms with E-state index < -0.39 is 22.8 Å². The zero-order valence-electron chi connectivity index (χ0n) is 28.1. The first kappa shape index (κ1) is 33.0. The first-order chi connectivity index (χ1) is 24.1. The van der Waals surface area contributed by atoms with E-state index in [1.807, 2.05) is 70.5 Å². The number of esters is 2.